The van der Waals surface area contributed by atoms with Crippen LogP contribution >= 0.6 is 0 Å². The fourth-order valence-corrected chi connectivity index (χ4v) is 2.16. The van der Waals surface area contributed by atoms with E-state index in [9.17, 15) is 4.79 Å². The Kier molecular flexibility index (Phi) is 5.08. The molecular weight excluding hydrogens is 290 g/mol. The summed E-state index contributed by atoms with van der Waals surface area (Å²) in [6, 6.07) is 8.00. The molecule has 0 saturated carbocycles. The molecule has 0 fully saturated rings. The van der Waals surface area contributed by atoms with Crippen molar-refractivity contribution in [3.05, 3.63) is 47.8 Å². The van der Waals surface area contributed by atoms with E-state index < -0.39 is 0 Å². The molecule has 1 atom stereocenters. The molecule has 5 nitrogen and oxygen atoms in total. The molecule has 1 heterocycles. The lowest BCUT2D eigenvalue weighted by Crippen LogP contribution is -2.36. The van der Waals surface area contributed by atoms with Crippen LogP contribution < -0.4 is 10.1 Å². The first kappa shape index (κ1) is 17.1. The van der Waals surface area contributed by atoms with Crippen molar-refractivity contribution >= 4 is 5.91 Å². The van der Waals surface area contributed by atoms with Crippen molar-refractivity contribution in [2.24, 2.45) is 7.05 Å². The Hall–Kier alpha value is -2.30. The Balaban J connectivity index is 1.84. The molecule has 0 aliphatic heterocycles. The minimum atomic E-state index is -0.141. The standard InChI is InChI=1S/C18H25N3O2/c1-13(20-17(22)14-10-19-21(5)11-14)12-23-16-8-6-15(7-9-16)18(2,3)4/h6-11,13H,12H2,1-5H3,(H,20,22). The van der Waals surface area contributed by atoms with Crippen LogP contribution in [-0.4, -0.2) is 28.3 Å². The van der Waals surface area contributed by atoms with Crippen molar-refractivity contribution in [2.45, 2.75) is 39.2 Å². The lowest BCUT2D eigenvalue weighted by Gasteiger charge is -2.19. The number of hydrogen-bond donors (Lipinski definition) is 1. The van der Waals surface area contributed by atoms with Gasteiger partial charge in [0.2, 0.25) is 0 Å². The second-order valence-corrected chi connectivity index (χ2v) is 6.86. The van der Waals surface area contributed by atoms with Gasteiger partial charge in [0.25, 0.3) is 5.91 Å². The van der Waals surface area contributed by atoms with Crippen LogP contribution in [0.2, 0.25) is 0 Å². The highest BCUT2D eigenvalue weighted by atomic mass is 16.5. The molecule has 1 amide bonds. The van der Waals surface area contributed by atoms with Gasteiger partial charge in [-0.3, -0.25) is 9.48 Å². The number of aryl methyl sites for hydroxylation is 1. The van der Waals surface area contributed by atoms with E-state index >= 15 is 0 Å². The van der Waals surface area contributed by atoms with Crippen LogP contribution in [0.4, 0.5) is 0 Å². The largest absolute Gasteiger partial charge is 0.491 e. The molecule has 1 N–H and O–H groups in total. The number of carbonyl (C=O) groups is 1. The van der Waals surface area contributed by atoms with Gasteiger partial charge in [-0.25, -0.2) is 0 Å². The summed E-state index contributed by atoms with van der Waals surface area (Å²) in [4.78, 5) is 12.0. The third-order valence-corrected chi connectivity index (χ3v) is 3.56. The molecule has 2 aromatic rings. The fourth-order valence-electron chi connectivity index (χ4n) is 2.16. The molecule has 0 saturated heterocycles. The van der Waals surface area contributed by atoms with Gasteiger partial charge in [-0.1, -0.05) is 32.9 Å². The van der Waals surface area contributed by atoms with Crippen molar-refractivity contribution < 1.29 is 9.53 Å². The van der Waals surface area contributed by atoms with Crippen LogP contribution in [0.25, 0.3) is 0 Å². The molecule has 1 aromatic heterocycles. The first-order chi connectivity index (χ1) is 10.8. The summed E-state index contributed by atoms with van der Waals surface area (Å²) in [6.45, 7) is 8.87. The molecule has 1 unspecified atom stereocenters. The van der Waals surface area contributed by atoms with Crippen molar-refractivity contribution in [3.8, 4) is 5.75 Å². The summed E-state index contributed by atoms with van der Waals surface area (Å²) in [6.07, 6.45) is 3.24. The van der Waals surface area contributed by atoms with E-state index in [0.717, 1.165) is 5.75 Å². The van der Waals surface area contributed by atoms with Crippen molar-refractivity contribution in [2.75, 3.05) is 6.61 Å². The minimum Gasteiger partial charge on any atom is -0.491 e. The minimum absolute atomic E-state index is 0.0926. The number of carbonyl (C=O) groups excluding carboxylic acids is 1. The molecule has 23 heavy (non-hydrogen) atoms. The molecule has 0 aliphatic rings. The highest BCUT2D eigenvalue weighted by Gasteiger charge is 2.14. The van der Waals surface area contributed by atoms with Crippen LogP contribution in [0.3, 0.4) is 0 Å². The third-order valence-electron chi connectivity index (χ3n) is 3.56. The SMILES string of the molecule is CC(COc1ccc(C(C)(C)C)cc1)NC(=O)c1cnn(C)c1. The van der Waals surface area contributed by atoms with Crippen molar-refractivity contribution in [3.63, 3.8) is 0 Å². The zero-order valence-electron chi connectivity index (χ0n) is 14.5. The van der Waals surface area contributed by atoms with Gasteiger partial charge in [0.05, 0.1) is 17.8 Å². The molecule has 0 aliphatic carbocycles. The number of ether oxygens (including phenoxy) is 1. The maximum atomic E-state index is 12.0. The fraction of sp³-hybridized carbons (Fsp3) is 0.444. The Morgan fingerprint density at radius 2 is 1.96 bits per heavy atom. The number of aromatic nitrogens is 2. The average molecular weight is 315 g/mol. The molecule has 124 valence electrons. The Morgan fingerprint density at radius 1 is 1.30 bits per heavy atom. The summed E-state index contributed by atoms with van der Waals surface area (Å²) in [5.74, 6) is 0.665. The molecule has 5 heteroatoms. The molecule has 0 bridgehead atoms. The first-order valence-electron chi connectivity index (χ1n) is 7.78. The van der Waals surface area contributed by atoms with E-state index in [1.165, 1.54) is 5.56 Å². The quantitative estimate of drug-likeness (QED) is 0.923. The molecule has 0 spiro atoms. The van der Waals surface area contributed by atoms with E-state index in [-0.39, 0.29) is 17.4 Å². The van der Waals surface area contributed by atoms with E-state index in [0.29, 0.717) is 12.2 Å². The summed E-state index contributed by atoms with van der Waals surface area (Å²) < 4.78 is 7.35. The van der Waals surface area contributed by atoms with Crippen molar-refractivity contribution in [1.29, 1.82) is 0 Å². The van der Waals surface area contributed by atoms with Crippen LogP contribution in [0.15, 0.2) is 36.7 Å². The second-order valence-electron chi connectivity index (χ2n) is 6.86. The third kappa shape index (κ3) is 4.84. The topological polar surface area (TPSA) is 56.1 Å². The number of amides is 1. The van der Waals surface area contributed by atoms with Gasteiger partial charge in [-0.2, -0.15) is 5.10 Å². The number of hydrogen-bond acceptors (Lipinski definition) is 3. The second kappa shape index (κ2) is 6.86. The van der Waals surface area contributed by atoms with Crippen LogP contribution in [0, 0.1) is 0 Å². The average Bonchev–Trinajstić information content (AvgIpc) is 2.91. The monoisotopic (exact) mass is 315 g/mol. The Morgan fingerprint density at radius 3 is 2.48 bits per heavy atom. The van der Waals surface area contributed by atoms with Crippen LogP contribution in [0.5, 0.6) is 5.75 Å². The maximum Gasteiger partial charge on any atom is 0.254 e. The van der Waals surface area contributed by atoms with Gasteiger partial charge in [0, 0.05) is 13.2 Å². The zero-order valence-corrected chi connectivity index (χ0v) is 14.5. The van der Waals surface area contributed by atoms with Gasteiger partial charge in [-0.05, 0) is 30.0 Å². The van der Waals surface area contributed by atoms with Crippen LogP contribution in [-0.2, 0) is 12.5 Å². The molecule has 0 radical (unpaired) electrons. The molecular formula is C18H25N3O2. The zero-order chi connectivity index (χ0) is 17.0. The van der Waals surface area contributed by atoms with E-state index in [4.69, 9.17) is 4.74 Å². The van der Waals surface area contributed by atoms with Gasteiger partial charge in [0.15, 0.2) is 0 Å². The number of benzene rings is 1. The van der Waals surface area contributed by atoms with Gasteiger partial charge < -0.3 is 10.1 Å². The number of rotatable bonds is 5. The Bertz CT molecular complexity index is 654. The van der Waals surface area contributed by atoms with Gasteiger partial charge >= 0.3 is 0 Å². The Labute approximate surface area is 137 Å². The van der Waals surface area contributed by atoms with Crippen molar-refractivity contribution in [1.82, 2.24) is 15.1 Å². The summed E-state index contributed by atoms with van der Waals surface area (Å²) in [5.41, 5.74) is 1.94. The molecule has 2 rings (SSSR count). The van der Waals surface area contributed by atoms with Crippen LogP contribution in [0.1, 0.15) is 43.6 Å². The smallest absolute Gasteiger partial charge is 0.254 e. The lowest BCUT2D eigenvalue weighted by atomic mass is 9.87. The normalized spacial score (nSPS) is 12.7. The highest BCUT2D eigenvalue weighted by molar-refractivity contribution is 5.93. The summed E-state index contributed by atoms with van der Waals surface area (Å²) in [5, 5.41) is 6.89. The summed E-state index contributed by atoms with van der Waals surface area (Å²) in [7, 11) is 1.78. The molecule has 1 aromatic carbocycles. The maximum absolute atomic E-state index is 12.0. The van der Waals surface area contributed by atoms with E-state index in [1.807, 2.05) is 19.1 Å². The van der Waals surface area contributed by atoms with E-state index in [1.54, 1.807) is 24.1 Å². The predicted octanol–water partition coefficient (Wildman–Crippen LogP) is 2.91. The number of nitrogens with one attached hydrogen (secondary N) is 1. The highest BCUT2D eigenvalue weighted by Crippen LogP contribution is 2.24. The lowest BCUT2D eigenvalue weighted by molar-refractivity contribution is 0.0926. The van der Waals surface area contributed by atoms with Gasteiger partial charge in [-0.15, -0.1) is 0 Å². The van der Waals surface area contributed by atoms with Gasteiger partial charge in [0.1, 0.15) is 12.4 Å². The number of nitrogens with zero attached hydrogens (tertiary/aromatic N) is 2. The first-order valence-corrected chi connectivity index (χ1v) is 7.78. The summed E-state index contributed by atoms with van der Waals surface area (Å²) >= 11 is 0. The van der Waals surface area contributed by atoms with E-state index in [2.05, 4.69) is 43.3 Å². The predicted molar refractivity (Wildman–Crippen MR) is 90.8 cm³/mol.